The summed E-state index contributed by atoms with van der Waals surface area (Å²) in [5.41, 5.74) is 8.59. The van der Waals surface area contributed by atoms with Gasteiger partial charge in [0.15, 0.2) is 0 Å². The number of nitrogens with zero attached hydrogens (tertiary/aromatic N) is 1. The number of hydrogen-bond acceptors (Lipinski definition) is 3. The SMILES string of the molecule is Cl.NC1C2CCCC1CC(C(=O)NCc1ccc(CN3CCCC3=O)cc1)C2. The van der Waals surface area contributed by atoms with Gasteiger partial charge in [0.25, 0.3) is 0 Å². The lowest BCUT2D eigenvalue weighted by Crippen LogP contribution is -2.49. The first-order chi connectivity index (χ1) is 13.1. The van der Waals surface area contributed by atoms with Gasteiger partial charge in [0, 0.05) is 38.0 Å². The maximum Gasteiger partial charge on any atom is 0.223 e. The molecule has 154 valence electrons. The summed E-state index contributed by atoms with van der Waals surface area (Å²) in [6.07, 6.45) is 7.19. The summed E-state index contributed by atoms with van der Waals surface area (Å²) in [5, 5.41) is 3.13. The molecule has 2 aliphatic carbocycles. The molecule has 0 radical (unpaired) electrons. The quantitative estimate of drug-likeness (QED) is 0.790. The molecule has 6 heteroatoms. The standard InChI is InChI=1S/C22H31N3O2.ClH/c23-21-17-3-1-4-18(21)12-19(11-17)22(27)24-13-15-6-8-16(9-7-15)14-25-10-2-5-20(25)26;/h6-9,17-19,21H,1-5,10-14,23H2,(H,24,27);1H. The monoisotopic (exact) mass is 405 g/mol. The molecule has 5 nitrogen and oxygen atoms in total. The lowest BCUT2D eigenvalue weighted by Gasteiger charge is -2.43. The fourth-order valence-corrected chi connectivity index (χ4v) is 5.19. The second-order valence-electron chi connectivity index (χ2n) is 8.65. The van der Waals surface area contributed by atoms with Crippen LogP contribution < -0.4 is 11.1 Å². The fourth-order valence-electron chi connectivity index (χ4n) is 5.19. The molecule has 1 heterocycles. The van der Waals surface area contributed by atoms with E-state index in [1.165, 1.54) is 19.3 Å². The zero-order valence-electron chi connectivity index (χ0n) is 16.4. The van der Waals surface area contributed by atoms with Crippen molar-refractivity contribution in [2.24, 2.45) is 23.5 Å². The van der Waals surface area contributed by atoms with Crippen LogP contribution in [0.15, 0.2) is 24.3 Å². The van der Waals surface area contributed by atoms with E-state index in [2.05, 4.69) is 29.6 Å². The first-order valence-electron chi connectivity index (χ1n) is 10.5. The summed E-state index contributed by atoms with van der Waals surface area (Å²) in [6, 6.07) is 8.55. The van der Waals surface area contributed by atoms with Crippen molar-refractivity contribution >= 4 is 24.2 Å². The van der Waals surface area contributed by atoms with E-state index in [-0.39, 0.29) is 30.1 Å². The Labute approximate surface area is 173 Å². The van der Waals surface area contributed by atoms with Gasteiger partial charge in [0.1, 0.15) is 0 Å². The molecule has 3 N–H and O–H groups in total. The lowest BCUT2D eigenvalue weighted by atomic mass is 9.65. The minimum Gasteiger partial charge on any atom is -0.352 e. The molecule has 2 amide bonds. The number of carbonyl (C=O) groups excluding carboxylic acids is 2. The Morgan fingerprint density at radius 1 is 1.07 bits per heavy atom. The molecule has 3 aliphatic rings. The summed E-state index contributed by atoms with van der Waals surface area (Å²) in [6.45, 7) is 2.12. The van der Waals surface area contributed by atoms with Crippen molar-refractivity contribution in [2.75, 3.05) is 6.54 Å². The van der Waals surface area contributed by atoms with E-state index in [1.54, 1.807) is 0 Å². The fraction of sp³-hybridized carbons (Fsp3) is 0.636. The van der Waals surface area contributed by atoms with Crippen molar-refractivity contribution in [1.82, 2.24) is 10.2 Å². The molecule has 28 heavy (non-hydrogen) atoms. The van der Waals surface area contributed by atoms with Gasteiger partial charge in [-0.2, -0.15) is 0 Å². The molecular weight excluding hydrogens is 374 g/mol. The van der Waals surface area contributed by atoms with Crippen molar-refractivity contribution in [3.63, 3.8) is 0 Å². The van der Waals surface area contributed by atoms with Gasteiger partial charge in [-0.05, 0) is 55.1 Å². The molecule has 3 fully saturated rings. The highest BCUT2D eigenvalue weighted by atomic mass is 35.5. The van der Waals surface area contributed by atoms with Crippen LogP contribution in [0.1, 0.15) is 56.1 Å². The van der Waals surface area contributed by atoms with Crippen molar-refractivity contribution < 1.29 is 9.59 Å². The average molecular weight is 406 g/mol. The van der Waals surface area contributed by atoms with Crippen molar-refractivity contribution in [3.8, 4) is 0 Å². The third-order valence-electron chi connectivity index (χ3n) is 6.82. The van der Waals surface area contributed by atoms with Gasteiger partial charge in [-0.3, -0.25) is 9.59 Å². The van der Waals surface area contributed by atoms with Crippen LogP contribution in [0.25, 0.3) is 0 Å². The van der Waals surface area contributed by atoms with Gasteiger partial charge >= 0.3 is 0 Å². The minimum absolute atomic E-state index is 0. The highest BCUT2D eigenvalue weighted by Gasteiger charge is 2.40. The molecule has 2 bridgehead atoms. The van der Waals surface area contributed by atoms with Crippen LogP contribution in [-0.4, -0.2) is 29.3 Å². The Morgan fingerprint density at radius 3 is 2.32 bits per heavy atom. The first kappa shape index (κ1) is 21.1. The summed E-state index contributed by atoms with van der Waals surface area (Å²) >= 11 is 0. The molecule has 2 unspecified atom stereocenters. The van der Waals surface area contributed by atoms with Crippen molar-refractivity contribution in [2.45, 2.75) is 64.1 Å². The molecule has 1 aromatic rings. The van der Waals surface area contributed by atoms with Crippen molar-refractivity contribution in [1.29, 1.82) is 0 Å². The summed E-state index contributed by atoms with van der Waals surface area (Å²) < 4.78 is 0. The van der Waals surface area contributed by atoms with Crippen molar-refractivity contribution in [3.05, 3.63) is 35.4 Å². The maximum absolute atomic E-state index is 12.6. The number of halogens is 1. The smallest absolute Gasteiger partial charge is 0.223 e. The maximum atomic E-state index is 12.6. The van der Waals surface area contributed by atoms with E-state index in [1.807, 2.05) is 4.90 Å². The third kappa shape index (κ3) is 4.69. The van der Waals surface area contributed by atoms with Crippen LogP contribution in [0.3, 0.4) is 0 Å². The first-order valence-corrected chi connectivity index (χ1v) is 10.5. The number of likely N-dealkylation sites (tertiary alicyclic amines) is 1. The zero-order chi connectivity index (χ0) is 18.8. The number of hydrogen-bond donors (Lipinski definition) is 2. The zero-order valence-corrected chi connectivity index (χ0v) is 17.3. The highest BCUT2D eigenvalue weighted by Crippen LogP contribution is 2.41. The predicted octanol–water partition coefficient (Wildman–Crippen LogP) is 3.00. The molecule has 4 rings (SSSR count). The summed E-state index contributed by atoms with van der Waals surface area (Å²) in [7, 11) is 0. The van der Waals surface area contributed by atoms with Crippen LogP contribution in [0.4, 0.5) is 0 Å². The van der Waals surface area contributed by atoms with Gasteiger partial charge in [0.05, 0.1) is 0 Å². The molecule has 0 spiro atoms. The number of amides is 2. The Kier molecular flexibility index (Phi) is 7.00. The van der Waals surface area contributed by atoms with Crippen LogP contribution in [0.5, 0.6) is 0 Å². The Balaban J connectivity index is 0.00000225. The number of nitrogens with two attached hydrogens (primary N) is 1. The van der Waals surface area contributed by atoms with Crippen LogP contribution in [-0.2, 0) is 22.7 Å². The second-order valence-corrected chi connectivity index (χ2v) is 8.65. The average Bonchev–Trinajstić information content (AvgIpc) is 3.05. The van der Waals surface area contributed by atoms with E-state index in [0.717, 1.165) is 36.9 Å². The van der Waals surface area contributed by atoms with Gasteiger partial charge in [-0.25, -0.2) is 0 Å². The topological polar surface area (TPSA) is 75.4 Å². The molecule has 2 atom stereocenters. The van der Waals surface area contributed by atoms with Crippen LogP contribution in [0, 0.1) is 17.8 Å². The van der Waals surface area contributed by atoms with Gasteiger partial charge in [-0.15, -0.1) is 12.4 Å². The molecule has 1 aliphatic heterocycles. The van der Waals surface area contributed by atoms with E-state index in [9.17, 15) is 9.59 Å². The number of rotatable bonds is 5. The largest absolute Gasteiger partial charge is 0.352 e. The van der Waals surface area contributed by atoms with E-state index < -0.39 is 0 Å². The third-order valence-corrected chi connectivity index (χ3v) is 6.82. The lowest BCUT2D eigenvalue weighted by molar-refractivity contribution is -0.128. The number of benzene rings is 1. The molecule has 0 aromatic heterocycles. The molecule has 2 saturated carbocycles. The Hall–Kier alpha value is -1.59. The summed E-state index contributed by atoms with van der Waals surface area (Å²) in [5.74, 6) is 1.62. The Morgan fingerprint density at radius 2 is 1.71 bits per heavy atom. The Bertz CT molecular complexity index is 680. The van der Waals surface area contributed by atoms with Gasteiger partial charge in [-0.1, -0.05) is 30.7 Å². The van der Waals surface area contributed by atoms with E-state index in [4.69, 9.17) is 5.73 Å². The van der Waals surface area contributed by atoms with E-state index in [0.29, 0.717) is 37.4 Å². The number of fused-ring (bicyclic) bond motifs is 2. The van der Waals surface area contributed by atoms with Gasteiger partial charge in [0.2, 0.25) is 11.8 Å². The highest BCUT2D eigenvalue weighted by molar-refractivity contribution is 5.85. The van der Waals surface area contributed by atoms with Crippen LogP contribution >= 0.6 is 12.4 Å². The van der Waals surface area contributed by atoms with Crippen LogP contribution in [0.2, 0.25) is 0 Å². The summed E-state index contributed by atoms with van der Waals surface area (Å²) in [4.78, 5) is 26.3. The minimum atomic E-state index is 0. The number of carbonyl (C=O) groups is 2. The van der Waals surface area contributed by atoms with Gasteiger partial charge < -0.3 is 16.0 Å². The molecule has 1 saturated heterocycles. The molecule has 1 aromatic carbocycles. The predicted molar refractivity (Wildman–Crippen MR) is 112 cm³/mol. The molecular formula is C22H32ClN3O2. The second kappa shape index (κ2) is 9.27. The normalized spacial score (nSPS) is 29.3. The van der Waals surface area contributed by atoms with E-state index >= 15 is 0 Å². The number of nitrogens with one attached hydrogen (secondary N) is 1.